The first-order chi connectivity index (χ1) is 14.4. The number of aliphatic imine (C=N–C) groups is 2. The summed E-state index contributed by atoms with van der Waals surface area (Å²) in [6, 6.07) is 3.49. The largest absolute Gasteiger partial charge is 0.493 e. The van der Waals surface area contributed by atoms with Crippen molar-refractivity contribution in [3.8, 4) is 11.5 Å². The Hall–Kier alpha value is -2.97. The van der Waals surface area contributed by atoms with Crippen LogP contribution in [-0.2, 0) is 0 Å². The number of guanidine groups is 2. The molecule has 164 valence electrons. The van der Waals surface area contributed by atoms with Gasteiger partial charge in [-0.2, -0.15) is 4.99 Å². The van der Waals surface area contributed by atoms with E-state index in [0.29, 0.717) is 35.8 Å². The summed E-state index contributed by atoms with van der Waals surface area (Å²) in [6.45, 7) is 5.12. The fraction of sp³-hybridized carbons (Fsp3) is 0.571. The molecule has 1 saturated carbocycles. The highest BCUT2D eigenvalue weighted by Crippen LogP contribution is 2.46. The van der Waals surface area contributed by atoms with E-state index in [-0.39, 0.29) is 17.8 Å². The van der Waals surface area contributed by atoms with Crippen LogP contribution in [0, 0.1) is 0 Å². The van der Waals surface area contributed by atoms with Crippen LogP contribution in [0.5, 0.6) is 11.5 Å². The lowest BCUT2D eigenvalue weighted by Crippen LogP contribution is -2.58. The summed E-state index contributed by atoms with van der Waals surface area (Å²) in [7, 11) is 3.11. The zero-order valence-electron chi connectivity index (χ0n) is 18.3. The van der Waals surface area contributed by atoms with Crippen molar-refractivity contribution < 1.29 is 14.3 Å². The number of hydrogen-bond acceptors (Lipinski definition) is 8. The van der Waals surface area contributed by atoms with E-state index in [1.165, 1.54) is 0 Å². The second-order valence-corrected chi connectivity index (χ2v) is 7.53. The van der Waals surface area contributed by atoms with Gasteiger partial charge in [-0.3, -0.25) is 9.69 Å². The molecule has 3 rings (SSSR count). The Bertz CT molecular complexity index is 857. The average molecular weight is 417 g/mol. The van der Waals surface area contributed by atoms with E-state index in [4.69, 9.17) is 25.9 Å². The molecule has 1 aromatic carbocycles. The fourth-order valence-electron chi connectivity index (χ4n) is 4.40. The Labute approximate surface area is 177 Å². The molecule has 9 heteroatoms. The topological polar surface area (TPSA) is 119 Å². The first kappa shape index (κ1) is 21.7. The summed E-state index contributed by atoms with van der Waals surface area (Å²) in [6.07, 6.45) is 4.69. The lowest BCUT2D eigenvalue weighted by Gasteiger charge is -2.46. The van der Waals surface area contributed by atoms with Crippen LogP contribution in [0.25, 0.3) is 0 Å². The lowest BCUT2D eigenvalue weighted by atomic mass is 9.87. The Balaban J connectivity index is 2.20. The summed E-state index contributed by atoms with van der Waals surface area (Å²) >= 11 is 0. The number of methoxy groups -OCH3 is 2. The van der Waals surface area contributed by atoms with Crippen molar-refractivity contribution in [3.05, 3.63) is 17.7 Å². The molecule has 0 bridgehead atoms. The minimum atomic E-state index is -0.649. The number of carbonyl (C=O) groups is 1. The summed E-state index contributed by atoms with van der Waals surface area (Å²) in [5.74, 6) is 1.25. The molecule has 0 unspecified atom stereocenters. The van der Waals surface area contributed by atoms with Gasteiger partial charge in [0.1, 0.15) is 5.66 Å². The van der Waals surface area contributed by atoms with Crippen molar-refractivity contribution in [2.24, 2.45) is 21.5 Å². The van der Waals surface area contributed by atoms with Crippen LogP contribution >= 0.6 is 0 Å². The second-order valence-electron chi connectivity index (χ2n) is 7.53. The van der Waals surface area contributed by atoms with Gasteiger partial charge in [-0.05, 0) is 51.7 Å². The Morgan fingerprint density at radius 3 is 2.37 bits per heavy atom. The molecule has 0 atom stereocenters. The smallest absolute Gasteiger partial charge is 0.254 e. The molecule has 1 amide bonds. The summed E-state index contributed by atoms with van der Waals surface area (Å²) < 4.78 is 11.3. The van der Waals surface area contributed by atoms with E-state index < -0.39 is 5.66 Å². The Kier molecular flexibility index (Phi) is 6.38. The van der Waals surface area contributed by atoms with Crippen LogP contribution in [0.3, 0.4) is 0 Å². The molecule has 30 heavy (non-hydrogen) atoms. The first-order valence-electron chi connectivity index (χ1n) is 10.5. The Morgan fingerprint density at radius 2 is 1.80 bits per heavy atom. The number of amides is 1. The van der Waals surface area contributed by atoms with Crippen LogP contribution in [0.1, 0.15) is 56.3 Å². The predicted molar refractivity (Wildman–Crippen MR) is 118 cm³/mol. The molecule has 1 heterocycles. The monoisotopic (exact) mass is 416 g/mol. The molecule has 2 aliphatic rings. The minimum Gasteiger partial charge on any atom is -0.493 e. The van der Waals surface area contributed by atoms with E-state index in [0.717, 1.165) is 32.1 Å². The third-order valence-corrected chi connectivity index (χ3v) is 5.85. The van der Waals surface area contributed by atoms with E-state index >= 15 is 0 Å². The van der Waals surface area contributed by atoms with Crippen LogP contribution in [-0.4, -0.2) is 55.7 Å². The van der Waals surface area contributed by atoms with Crippen LogP contribution in [0.15, 0.2) is 22.1 Å². The van der Waals surface area contributed by atoms with Crippen molar-refractivity contribution in [3.63, 3.8) is 0 Å². The molecule has 1 aliphatic carbocycles. The number of nitrogens with zero attached hydrogens (tertiary/aromatic N) is 4. The molecule has 0 radical (unpaired) electrons. The molecule has 9 nitrogen and oxygen atoms in total. The number of benzene rings is 1. The van der Waals surface area contributed by atoms with Crippen molar-refractivity contribution in [1.82, 2.24) is 4.90 Å². The number of carbonyl (C=O) groups excluding carboxylic acids is 1. The van der Waals surface area contributed by atoms with Gasteiger partial charge in [0, 0.05) is 18.7 Å². The normalized spacial score (nSPS) is 17.9. The number of anilines is 1. The Morgan fingerprint density at radius 1 is 1.13 bits per heavy atom. The maximum absolute atomic E-state index is 13.1. The first-order valence-corrected chi connectivity index (χ1v) is 10.5. The highest BCUT2D eigenvalue weighted by atomic mass is 16.5. The van der Waals surface area contributed by atoms with Gasteiger partial charge in [0.05, 0.1) is 19.9 Å². The molecule has 1 aliphatic heterocycles. The van der Waals surface area contributed by atoms with Crippen LogP contribution in [0.4, 0.5) is 5.69 Å². The SMILES string of the molecule is CCN(CC)C(=O)c1cc(OC)c(OC)c(N2C(N)=NC(N)=NC23CCCCC3)c1. The van der Waals surface area contributed by atoms with E-state index in [1.807, 2.05) is 18.7 Å². The zero-order chi connectivity index (χ0) is 21.9. The minimum absolute atomic E-state index is 0.0876. The van der Waals surface area contributed by atoms with Crippen LogP contribution < -0.4 is 25.8 Å². The van der Waals surface area contributed by atoms with Gasteiger partial charge in [-0.1, -0.05) is 6.42 Å². The van der Waals surface area contributed by atoms with Gasteiger partial charge >= 0.3 is 0 Å². The maximum atomic E-state index is 13.1. The maximum Gasteiger partial charge on any atom is 0.254 e. The van der Waals surface area contributed by atoms with Gasteiger partial charge in [-0.15, -0.1) is 0 Å². The quantitative estimate of drug-likeness (QED) is 0.734. The van der Waals surface area contributed by atoms with Crippen molar-refractivity contribution in [2.75, 3.05) is 32.2 Å². The summed E-state index contributed by atoms with van der Waals surface area (Å²) in [4.78, 5) is 25.7. The predicted octanol–water partition coefficient (Wildman–Crippen LogP) is 2.30. The summed E-state index contributed by atoms with van der Waals surface area (Å²) in [5.41, 5.74) is 12.8. The second kappa shape index (κ2) is 8.81. The van der Waals surface area contributed by atoms with Crippen molar-refractivity contribution in [2.45, 2.75) is 51.6 Å². The number of ether oxygens (including phenoxy) is 2. The summed E-state index contributed by atoms with van der Waals surface area (Å²) in [5, 5.41) is 0. The average Bonchev–Trinajstić information content (AvgIpc) is 2.73. The van der Waals surface area contributed by atoms with Crippen molar-refractivity contribution >= 4 is 23.5 Å². The molecular formula is C21H32N6O3. The van der Waals surface area contributed by atoms with Crippen molar-refractivity contribution in [1.29, 1.82) is 0 Å². The number of hydrogen-bond donors (Lipinski definition) is 2. The standard InChI is InChI=1S/C21H32N6O3/c1-5-26(6-2)18(28)14-12-15(17(30-4)16(13-14)29-3)27-20(23)24-19(22)25-21(27)10-8-7-9-11-21/h12-13H,5-11H2,1-4H3,(H4,22,23,24,25). The molecule has 1 fully saturated rings. The third-order valence-electron chi connectivity index (χ3n) is 5.85. The van der Waals surface area contributed by atoms with E-state index in [2.05, 4.69) is 4.99 Å². The van der Waals surface area contributed by atoms with Gasteiger partial charge in [0.15, 0.2) is 11.5 Å². The highest BCUT2D eigenvalue weighted by Gasteiger charge is 2.44. The van der Waals surface area contributed by atoms with E-state index in [1.54, 1.807) is 31.3 Å². The molecule has 4 N–H and O–H groups in total. The fourth-order valence-corrected chi connectivity index (χ4v) is 4.40. The molecule has 1 spiro atoms. The molecular weight excluding hydrogens is 384 g/mol. The highest BCUT2D eigenvalue weighted by molar-refractivity contribution is 6.07. The van der Waals surface area contributed by atoms with Crippen LogP contribution in [0.2, 0.25) is 0 Å². The third kappa shape index (κ3) is 3.76. The number of rotatable bonds is 6. The van der Waals surface area contributed by atoms with Gasteiger partial charge in [0.25, 0.3) is 5.91 Å². The zero-order valence-corrected chi connectivity index (χ0v) is 18.3. The molecule has 1 aromatic rings. The van der Waals surface area contributed by atoms with Gasteiger partial charge < -0.3 is 25.8 Å². The lowest BCUT2D eigenvalue weighted by molar-refractivity contribution is 0.0772. The number of nitrogens with two attached hydrogens (primary N) is 2. The van der Waals surface area contributed by atoms with E-state index in [9.17, 15) is 4.79 Å². The molecule has 0 aromatic heterocycles. The molecule has 0 saturated heterocycles. The van der Waals surface area contributed by atoms with Gasteiger partial charge in [0.2, 0.25) is 11.9 Å². The van der Waals surface area contributed by atoms with Gasteiger partial charge in [-0.25, -0.2) is 4.99 Å².